The zero-order chi connectivity index (χ0) is 53.5. The third kappa shape index (κ3) is 8.51. The predicted octanol–water partition coefficient (Wildman–Crippen LogP) is 21.2. The minimum absolute atomic E-state index is 0.117. The zero-order valence-corrected chi connectivity index (χ0v) is 45.3. The van der Waals surface area contributed by atoms with Crippen LogP contribution in [0.5, 0.6) is 5.75 Å². The lowest BCUT2D eigenvalue weighted by atomic mass is 9.84. The molecule has 1 unspecified atom stereocenters. The molecule has 2 heterocycles. The molecule has 2 aromatic heterocycles. The topological polar surface area (TPSA) is 53.0 Å². The molecule has 382 valence electrons. The zero-order valence-electron chi connectivity index (χ0n) is 45.3. The molecule has 1 aliphatic carbocycles. The van der Waals surface area contributed by atoms with Gasteiger partial charge in [0.2, 0.25) is 0 Å². The number of nitrogens with zero attached hydrogens (tertiary/aromatic N) is 2. The van der Waals surface area contributed by atoms with Gasteiger partial charge in [-0.25, -0.2) is 0 Å². The first-order valence-electron chi connectivity index (χ1n) is 27.3. The minimum Gasteiger partial charge on any atom is -0.507 e. The molecule has 0 saturated heterocycles. The average Bonchev–Trinajstić information content (AvgIpc) is 4.25. The summed E-state index contributed by atoms with van der Waals surface area (Å²) >= 11 is 0. The maximum atomic E-state index is 11.8. The van der Waals surface area contributed by atoms with Gasteiger partial charge < -0.3 is 23.7 Å². The van der Waals surface area contributed by atoms with Crippen molar-refractivity contribution in [3.05, 3.63) is 241 Å². The van der Waals surface area contributed by atoms with Crippen LogP contribution in [0.4, 0.5) is 34.1 Å². The predicted molar refractivity (Wildman–Crippen MR) is 329 cm³/mol. The van der Waals surface area contributed by atoms with Crippen molar-refractivity contribution in [1.82, 2.24) is 0 Å². The van der Waals surface area contributed by atoms with Crippen LogP contribution in [0.25, 0.3) is 82.5 Å². The first kappa shape index (κ1) is 48.6. The van der Waals surface area contributed by atoms with Crippen molar-refractivity contribution >= 4 is 94.3 Å². The molecule has 5 nitrogen and oxygen atoms in total. The van der Waals surface area contributed by atoms with E-state index < -0.39 is 0 Å². The summed E-state index contributed by atoms with van der Waals surface area (Å²) in [4.78, 5) is 4.64. The Morgan fingerprint density at radius 2 is 1.01 bits per heavy atom. The van der Waals surface area contributed by atoms with Crippen molar-refractivity contribution in [3.8, 4) is 28.0 Å². The van der Waals surface area contributed by atoms with Crippen molar-refractivity contribution in [3.63, 3.8) is 0 Å². The summed E-state index contributed by atoms with van der Waals surface area (Å²) in [5.41, 5.74) is 17.3. The Balaban J connectivity index is 0.995. The molecule has 5 heteroatoms. The average molecular weight is 1020 g/mol. The second kappa shape index (κ2) is 18.9. The molecule has 1 atom stereocenters. The molecule has 0 spiro atoms. The lowest BCUT2D eigenvalue weighted by molar-refractivity contribution is 0.448. The number of allylic oxidation sites excluding steroid dienone is 4. The number of anilines is 6. The second-order valence-electron chi connectivity index (χ2n) is 23.1. The van der Waals surface area contributed by atoms with Gasteiger partial charge in [0.05, 0.1) is 17.1 Å². The molecule has 0 saturated carbocycles. The van der Waals surface area contributed by atoms with E-state index in [1.54, 1.807) is 0 Å². The summed E-state index contributed by atoms with van der Waals surface area (Å²) in [5, 5.41) is 18.3. The number of rotatable bonds is 9. The van der Waals surface area contributed by atoms with Crippen LogP contribution in [-0.2, 0) is 10.8 Å². The summed E-state index contributed by atoms with van der Waals surface area (Å²) in [6.45, 7) is 15.4. The van der Waals surface area contributed by atoms with E-state index in [0.29, 0.717) is 11.7 Å². The normalized spacial score (nSPS) is 14.0. The van der Waals surface area contributed by atoms with Gasteiger partial charge in [-0.3, -0.25) is 0 Å². The number of phenolic OH excluding ortho intramolecular Hbond substituents is 1. The number of aromatic hydroxyl groups is 1. The van der Waals surface area contributed by atoms with Crippen LogP contribution < -0.4 is 9.80 Å². The molecular formula is C73H62N2O3. The van der Waals surface area contributed by atoms with Gasteiger partial charge in [0.25, 0.3) is 0 Å². The van der Waals surface area contributed by atoms with Crippen molar-refractivity contribution in [2.75, 3.05) is 9.80 Å². The smallest absolute Gasteiger partial charge is 0.159 e. The third-order valence-corrected chi connectivity index (χ3v) is 15.8. The fourth-order valence-corrected chi connectivity index (χ4v) is 11.7. The Labute approximate surface area is 456 Å². The molecule has 0 bridgehead atoms. The van der Waals surface area contributed by atoms with Crippen molar-refractivity contribution in [2.45, 2.75) is 65.7 Å². The second-order valence-corrected chi connectivity index (χ2v) is 23.1. The van der Waals surface area contributed by atoms with Crippen LogP contribution in [0, 0.1) is 5.92 Å². The van der Waals surface area contributed by atoms with Crippen LogP contribution >= 0.6 is 0 Å². The lowest BCUT2D eigenvalue weighted by Gasteiger charge is -2.28. The van der Waals surface area contributed by atoms with Crippen LogP contribution in [-0.4, -0.2) is 5.11 Å². The van der Waals surface area contributed by atoms with Crippen LogP contribution in [0.3, 0.4) is 0 Å². The van der Waals surface area contributed by atoms with Crippen molar-refractivity contribution in [2.24, 2.45) is 5.92 Å². The molecule has 10 aromatic carbocycles. The SMILES string of the molecule is CC1C=CC(c2ccc(N(c3cccc(-c4cccc(C(C)(C)C)c4O)c3)c3cc4oc5cc(N(c6ccc(-c7ccccc7)cc6)c6cccc7c6oc6c(C(C)(C)C)cccc67)ccc5c4c4ccccc34)cc2)=CC1. The van der Waals surface area contributed by atoms with Gasteiger partial charge in [-0.1, -0.05) is 206 Å². The van der Waals surface area contributed by atoms with Gasteiger partial charge in [0.15, 0.2) is 5.58 Å². The monoisotopic (exact) mass is 1010 g/mol. The molecule has 0 aliphatic heterocycles. The van der Waals surface area contributed by atoms with Gasteiger partial charge >= 0.3 is 0 Å². The highest BCUT2D eigenvalue weighted by molar-refractivity contribution is 6.23. The van der Waals surface area contributed by atoms with Gasteiger partial charge in [0, 0.05) is 67.3 Å². The highest BCUT2D eigenvalue weighted by Crippen LogP contribution is 2.49. The molecule has 0 radical (unpaired) electrons. The first-order chi connectivity index (χ1) is 37.8. The summed E-state index contributed by atoms with van der Waals surface area (Å²) < 4.78 is 14.2. The largest absolute Gasteiger partial charge is 0.507 e. The fourth-order valence-electron chi connectivity index (χ4n) is 11.7. The Kier molecular flexibility index (Phi) is 11.8. The summed E-state index contributed by atoms with van der Waals surface area (Å²) in [5.74, 6) is 0.838. The van der Waals surface area contributed by atoms with Gasteiger partial charge in [-0.2, -0.15) is 0 Å². The first-order valence-corrected chi connectivity index (χ1v) is 27.3. The number of para-hydroxylation sites is 3. The van der Waals surface area contributed by atoms with Gasteiger partial charge in [0.1, 0.15) is 22.5 Å². The van der Waals surface area contributed by atoms with E-state index in [1.165, 1.54) is 16.7 Å². The summed E-state index contributed by atoms with van der Waals surface area (Å²) in [6, 6.07) is 73.4. The Morgan fingerprint density at radius 1 is 0.436 bits per heavy atom. The van der Waals surface area contributed by atoms with E-state index in [-0.39, 0.29) is 10.8 Å². The van der Waals surface area contributed by atoms with Crippen molar-refractivity contribution < 1.29 is 13.9 Å². The molecule has 1 N–H and O–H groups in total. The number of furan rings is 2. The molecule has 12 aromatic rings. The molecule has 13 rings (SSSR count). The maximum absolute atomic E-state index is 11.8. The van der Waals surface area contributed by atoms with E-state index in [2.05, 4.69) is 265 Å². The third-order valence-electron chi connectivity index (χ3n) is 15.8. The number of hydrogen-bond acceptors (Lipinski definition) is 5. The molecule has 1 aliphatic rings. The number of phenols is 1. The highest BCUT2D eigenvalue weighted by atomic mass is 16.3. The minimum atomic E-state index is -0.236. The Bertz CT molecular complexity index is 4330. The van der Waals surface area contributed by atoms with Crippen LogP contribution in [0.2, 0.25) is 0 Å². The van der Waals surface area contributed by atoms with E-state index >= 15 is 0 Å². The number of fused-ring (bicyclic) bond motifs is 8. The molecule has 0 amide bonds. The molecule has 0 fully saturated rings. The quantitative estimate of drug-likeness (QED) is 0.156. The number of hydrogen-bond donors (Lipinski definition) is 1. The van der Waals surface area contributed by atoms with Crippen molar-refractivity contribution in [1.29, 1.82) is 0 Å². The molecule has 78 heavy (non-hydrogen) atoms. The van der Waals surface area contributed by atoms with Gasteiger partial charge in [-0.05, 0) is 117 Å². The summed E-state index contributed by atoms with van der Waals surface area (Å²) in [6.07, 6.45) is 7.92. The van der Waals surface area contributed by atoms with Gasteiger partial charge in [-0.15, -0.1) is 0 Å². The highest BCUT2D eigenvalue weighted by Gasteiger charge is 2.27. The van der Waals surface area contributed by atoms with Crippen LogP contribution in [0.1, 0.15) is 71.6 Å². The Morgan fingerprint density at radius 3 is 1.73 bits per heavy atom. The Hall–Kier alpha value is -9.06. The fraction of sp³-hybridized carbons (Fsp3) is 0.151. The van der Waals surface area contributed by atoms with E-state index in [9.17, 15) is 5.11 Å². The van der Waals surface area contributed by atoms with E-state index in [1.807, 2.05) is 18.2 Å². The molecular weight excluding hydrogens is 953 g/mol. The maximum Gasteiger partial charge on any atom is 0.159 e. The van der Waals surface area contributed by atoms with Crippen LogP contribution in [0.15, 0.2) is 233 Å². The van der Waals surface area contributed by atoms with E-state index in [0.717, 1.165) is 123 Å². The van der Waals surface area contributed by atoms with E-state index in [4.69, 9.17) is 8.83 Å². The standard InChI is InChI=1S/C73H62N2O3/c1-46-29-31-48(32-30-46)50-35-39-53(40-36-50)75(54-20-13-19-51(43-54)56-23-14-26-62(69(56)76)72(2,3)4)65-45-67-68(58-22-12-11-21-57(58)65)61-42-41-55(44-66(61)77-67)74(52-37-33-49(34-38-52)47-17-9-8-10-18-47)64-28-16-25-60-59-24-15-27-63(73(5,6)7)70(59)78-71(60)64/h8-29,31-46,76H,30H2,1-7H3. The number of benzene rings is 10. The summed E-state index contributed by atoms with van der Waals surface area (Å²) in [7, 11) is 0. The lowest BCUT2D eigenvalue weighted by Crippen LogP contribution is -2.12.